The molecule has 3 rings (SSSR count). The number of aryl methyl sites for hydroxylation is 1. The van der Waals surface area contributed by atoms with Gasteiger partial charge >= 0.3 is 0 Å². The van der Waals surface area contributed by atoms with E-state index in [1.807, 2.05) is 43.3 Å². The first kappa shape index (κ1) is 17.2. The minimum atomic E-state index is -0.443. The van der Waals surface area contributed by atoms with E-state index in [1.54, 1.807) is 4.90 Å². The molecule has 0 saturated heterocycles. The topological polar surface area (TPSA) is 49.4 Å². The molecule has 4 heteroatoms. The first-order valence-electron chi connectivity index (χ1n) is 8.84. The Bertz CT molecular complexity index is 785. The molecule has 0 radical (unpaired) electrons. The summed E-state index contributed by atoms with van der Waals surface area (Å²) < 4.78 is 0. The monoisotopic (exact) mass is 336 g/mol. The highest BCUT2D eigenvalue weighted by Gasteiger charge is 2.37. The fraction of sp³-hybridized carbons (Fsp3) is 0.333. The largest absolute Gasteiger partial charge is 0.354 e. The van der Waals surface area contributed by atoms with Crippen molar-refractivity contribution in [2.75, 3.05) is 11.4 Å². The second-order valence-corrected chi connectivity index (χ2v) is 6.43. The summed E-state index contributed by atoms with van der Waals surface area (Å²) in [5, 5.41) is 3.01. The van der Waals surface area contributed by atoms with Gasteiger partial charge in [0, 0.05) is 25.1 Å². The highest BCUT2D eigenvalue weighted by Crippen LogP contribution is 2.32. The minimum Gasteiger partial charge on any atom is -0.354 e. The van der Waals surface area contributed by atoms with E-state index in [2.05, 4.69) is 24.4 Å². The summed E-state index contributed by atoms with van der Waals surface area (Å²) in [7, 11) is 0. The van der Waals surface area contributed by atoms with E-state index < -0.39 is 6.04 Å². The second kappa shape index (κ2) is 7.51. The molecule has 130 valence electrons. The van der Waals surface area contributed by atoms with Crippen LogP contribution in [0.5, 0.6) is 0 Å². The number of nitrogens with zero attached hydrogens (tertiary/aromatic N) is 1. The predicted octanol–water partition coefficient (Wildman–Crippen LogP) is 3.02. The summed E-state index contributed by atoms with van der Waals surface area (Å²) in [5.74, 6) is -0.0874. The van der Waals surface area contributed by atoms with Crippen molar-refractivity contribution in [3.05, 3.63) is 65.2 Å². The fourth-order valence-electron chi connectivity index (χ4n) is 3.40. The van der Waals surface area contributed by atoms with Crippen molar-refractivity contribution in [3.8, 4) is 0 Å². The zero-order valence-electron chi connectivity index (χ0n) is 14.8. The molecule has 2 aromatic carbocycles. The van der Waals surface area contributed by atoms with E-state index in [0.29, 0.717) is 19.4 Å². The molecule has 1 N–H and O–H groups in total. The molecule has 0 saturated carbocycles. The summed E-state index contributed by atoms with van der Waals surface area (Å²) in [5.41, 5.74) is 4.39. The van der Waals surface area contributed by atoms with Crippen LogP contribution in [0.3, 0.4) is 0 Å². The summed E-state index contributed by atoms with van der Waals surface area (Å²) in [6.07, 6.45) is 1.76. The van der Waals surface area contributed by atoms with Crippen molar-refractivity contribution in [1.29, 1.82) is 0 Å². The van der Waals surface area contributed by atoms with Crippen LogP contribution in [0.15, 0.2) is 48.5 Å². The number of hydrogen-bond donors (Lipinski definition) is 1. The lowest BCUT2D eigenvalue weighted by atomic mass is 10.1. The van der Waals surface area contributed by atoms with Crippen molar-refractivity contribution < 1.29 is 9.59 Å². The molecule has 0 aromatic heterocycles. The van der Waals surface area contributed by atoms with Crippen LogP contribution in [-0.2, 0) is 22.4 Å². The molecule has 0 spiro atoms. The number of carbonyl (C=O) groups is 2. The van der Waals surface area contributed by atoms with Crippen LogP contribution < -0.4 is 10.2 Å². The smallest absolute Gasteiger partial charge is 0.243 e. The van der Waals surface area contributed by atoms with Gasteiger partial charge in [-0.05, 0) is 36.1 Å². The number of anilines is 1. The average molecular weight is 336 g/mol. The van der Waals surface area contributed by atoms with Gasteiger partial charge in [0.15, 0.2) is 0 Å². The highest BCUT2D eigenvalue weighted by atomic mass is 16.2. The normalized spacial score (nSPS) is 15.8. The van der Waals surface area contributed by atoms with Crippen molar-refractivity contribution in [2.45, 2.75) is 39.2 Å². The molecule has 1 aliphatic heterocycles. The molecule has 1 aliphatic rings. The van der Waals surface area contributed by atoms with Gasteiger partial charge < -0.3 is 5.32 Å². The van der Waals surface area contributed by atoms with Crippen LogP contribution in [0.4, 0.5) is 5.69 Å². The number of hydrogen-bond acceptors (Lipinski definition) is 2. The van der Waals surface area contributed by atoms with Gasteiger partial charge in [-0.15, -0.1) is 0 Å². The molecular formula is C21H24N2O2. The lowest BCUT2D eigenvalue weighted by molar-refractivity contribution is -0.126. The molecule has 4 nitrogen and oxygen atoms in total. The Morgan fingerprint density at radius 3 is 2.60 bits per heavy atom. The standard InChI is InChI=1S/C21H24N2O2/c1-3-20(24)23-18-11-7-6-10-17(18)14-19(23)21(25)22-13-12-16-9-5-4-8-15(16)2/h4-11,19H,3,12-14H2,1-2H3,(H,22,25). The zero-order valence-corrected chi connectivity index (χ0v) is 14.8. The predicted molar refractivity (Wildman–Crippen MR) is 99.6 cm³/mol. The molecule has 0 fully saturated rings. The van der Waals surface area contributed by atoms with E-state index in [0.717, 1.165) is 17.7 Å². The molecule has 2 amide bonds. The summed E-state index contributed by atoms with van der Waals surface area (Å²) in [6, 6.07) is 15.5. The Kier molecular flexibility index (Phi) is 5.17. The molecule has 1 heterocycles. The molecule has 1 atom stereocenters. The van der Waals surface area contributed by atoms with Crippen LogP contribution in [0, 0.1) is 6.92 Å². The van der Waals surface area contributed by atoms with Crippen molar-refractivity contribution in [3.63, 3.8) is 0 Å². The molecule has 0 aliphatic carbocycles. The maximum atomic E-state index is 12.7. The van der Waals surface area contributed by atoms with Gasteiger partial charge in [-0.2, -0.15) is 0 Å². The lowest BCUT2D eigenvalue weighted by Gasteiger charge is -2.24. The van der Waals surface area contributed by atoms with E-state index in [4.69, 9.17) is 0 Å². The first-order chi connectivity index (χ1) is 12.1. The fourth-order valence-corrected chi connectivity index (χ4v) is 3.40. The van der Waals surface area contributed by atoms with Crippen LogP contribution >= 0.6 is 0 Å². The van der Waals surface area contributed by atoms with Gasteiger partial charge in [0.1, 0.15) is 6.04 Å². The first-order valence-corrected chi connectivity index (χ1v) is 8.84. The Morgan fingerprint density at radius 1 is 1.12 bits per heavy atom. The van der Waals surface area contributed by atoms with Gasteiger partial charge in [0.2, 0.25) is 11.8 Å². The Morgan fingerprint density at radius 2 is 1.84 bits per heavy atom. The van der Waals surface area contributed by atoms with Crippen LogP contribution in [0.25, 0.3) is 0 Å². The molecule has 25 heavy (non-hydrogen) atoms. The number of para-hydroxylation sites is 1. The second-order valence-electron chi connectivity index (χ2n) is 6.43. The maximum Gasteiger partial charge on any atom is 0.243 e. The number of rotatable bonds is 5. The highest BCUT2D eigenvalue weighted by molar-refractivity contribution is 6.03. The third-order valence-corrected chi connectivity index (χ3v) is 4.80. The minimum absolute atomic E-state index is 0.0102. The van der Waals surface area contributed by atoms with Crippen molar-refractivity contribution >= 4 is 17.5 Å². The molecular weight excluding hydrogens is 312 g/mol. The van der Waals surface area contributed by atoms with Gasteiger partial charge in [0.25, 0.3) is 0 Å². The zero-order chi connectivity index (χ0) is 17.8. The average Bonchev–Trinajstić information content (AvgIpc) is 3.02. The quantitative estimate of drug-likeness (QED) is 0.912. The molecule has 1 unspecified atom stereocenters. The summed E-state index contributed by atoms with van der Waals surface area (Å²) in [4.78, 5) is 26.8. The van der Waals surface area contributed by atoms with Crippen LogP contribution in [0.1, 0.15) is 30.0 Å². The number of nitrogens with one attached hydrogen (secondary N) is 1. The van der Waals surface area contributed by atoms with Gasteiger partial charge in [-0.3, -0.25) is 14.5 Å². The number of fused-ring (bicyclic) bond motifs is 1. The van der Waals surface area contributed by atoms with E-state index >= 15 is 0 Å². The SMILES string of the molecule is CCC(=O)N1c2ccccc2CC1C(=O)NCCc1ccccc1C. The van der Waals surface area contributed by atoms with E-state index in [-0.39, 0.29) is 11.8 Å². The summed E-state index contributed by atoms with van der Waals surface area (Å²) in [6.45, 7) is 4.48. The maximum absolute atomic E-state index is 12.7. The van der Waals surface area contributed by atoms with Crippen LogP contribution in [0.2, 0.25) is 0 Å². The lowest BCUT2D eigenvalue weighted by Crippen LogP contribution is -2.48. The van der Waals surface area contributed by atoms with Crippen molar-refractivity contribution in [2.24, 2.45) is 0 Å². The van der Waals surface area contributed by atoms with E-state index in [9.17, 15) is 9.59 Å². The van der Waals surface area contributed by atoms with Crippen molar-refractivity contribution in [1.82, 2.24) is 5.32 Å². The number of carbonyl (C=O) groups excluding carboxylic acids is 2. The third kappa shape index (κ3) is 3.58. The van der Waals surface area contributed by atoms with E-state index in [1.165, 1.54) is 11.1 Å². The number of benzene rings is 2. The Balaban J connectivity index is 1.67. The molecule has 0 bridgehead atoms. The van der Waals surface area contributed by atoms with Gasteiger partial charge in [-0.1, -0.05) is 49.4 Å². The number of amides is 2. The molecule has 2 aromatic rings. The summed E-state index contributed by atoms with van der Waals surface area (Å²) >= 11 is 0. The van der Waals surface area contributed by atoms with Gasteiger partial charge in [0.05, 0.1) is 0 Å². The Hall–Kier alpha value is -2.62. The van der Waals surface area contributed by atoms with Crippen LogP contribution in [-0.4, -0.2) is 24.4 Å². The van der Waals surface area contributed by atoms with Gasteiger partial charge in [-0.25, -0.2) is 0 Å². The third-order valence-electron chi connectivity index (χ3n) is 4.80. The Labute approximate surface area is 148 Å².